The van der Waals surface area contributed by atoms with Crippen molar-refractivity contribution < 1.29 is 0 Å². The minimum Gasteiger partial charge on any atom is -0.267 e. The second-order valence-electron chi connectivity index (χ2n) is 4.93. The summed E-state index contributed by atoms with van der Waals surface area (Å²) in [4.78, 5) is 17.6. The summed E-state index contributed by atoms with van der Waals surface area (Å²) in [5, 5.41) is 6.55. The molecular weight excluding hydrogens is 318 g/mol. The predicted molar refractivity (Wildman–Crippen MR) is 88.9 cm³/mol. The Balaban J connectivity index is 1.83. The van der Waals surface area contributed by atoms with Crippen LogP contribution in [0.2, 0.25) is 5.02 Å². The molecule has 2 aromatic heterocycles. The van der Waals surface area contributed by atoms with Crippen LogP contribution in [0.5, 0.6) is 0 Å². The van der Waals surface area contributed by atoms with E-state index in [9.17, 15) is 4.79 Å². The molecule has 0 unspecified atom stereocenters. The summed E-state index contributed by atoms with van der Waals surface area (Å²) in [5.41, 5.74) is 1.68. The average Bonchev–Trinajstić information content (AvgIpc) is 2.93. The number of nitrogens with zero attached hydrogens (tertiary/aromatic N) is 3. The van der Waals surface area contributed by atoms with Crippen molar-refractivity contribution in [2.75, 3.05) is 0 Å². The van der Waals surface area contributed by atoms with E-state index in [2.05, 4.69) is 10.1 Å². The molecule has 0 aliphatic heterocycles. The van der Waals surface area contributed by atoms with Gasteiger partial charge in [-0.25, -0.2) is 4.98 Å². The van der Waals surface area contributed by atoms with Gasteiger partial charge in [-0.05, 0) is 29.8 Å². The first-order valence-corrected chi connectivity index (χ1v) is 7.92. The molecule has 6 heteroatoms. The maximum absolute atomic E-state index is 12.4. The molecule has 108 valence electrons. The smallest absolute Gasteiger partial charge is 0.267 e. The van der Waals surface area contributed by atoms with Crippen LogP contribution < -0.4 is 5.56 Å². The van der Waals surface area contributed by atoms with Crippen molar-refractivity contribution in [3.63, 3.8) is 0 Å². The summed E-state index contributed by atoms with van der Waals surface area (Å²) in [6.45, 7) is 0. The van der Waals surface area contributed by atoms with Gasteiger partial charge in [0.25, 0.3) is 5.56 Å². The highest BCUT2D eigenvalue weighted by Crippen LogP contribution is 2.19. The monoisotopic (exact) mass is 327 g/mol. The van der Waals surface area contributed by atoms with Crippen molar-refractivity contribution >= 4 is 38.8 Å². The fraction of sp³-hybridized carbons (Fsp3) is 0.0625. The molecule has 0 saturated carbocycles. The summed E-state index contributed by atoms with van der Waals surface area (Å²) in [6.07, 6.45) is 0.654. The molecule has 0 radical (unpaired) electrons. The fourth-order valence-electron chi connectivity index (χ4n) is 2.34. The van der Waals surface area contributed by atoms with Gasteiger partial charge >= 0.3 is 0 Å². The molecule has 0 amide bonds. The van der Waals surface area contributed by atoms with Crippen molar-refractivity contribution in [2.24, 2.45) is 0 Å². The molecule has 4 aromatic rings. The minimum absolute atomic E-state index is 0.126. The van der Waals surface area contributed by atoms with Gasteiger partial charge in [0, 0.05) is 11.4 Å². The summed E-state index contributed by atoms with van der Waals surface area (Å²) >= 11 is 7.32. The van der Waals surface area contributed by atoms with E-state index in [0.717, 1.165) is 10.6 Å². The SMILES string of the molecule is O=c1c2ccccc2nc2sc(Cc3ccc(Cl)cc3)nn12. The van der Waals surface area contributed by atoms with Crippen molar-refractivity contribution in [2.45, 2.75) is 6.42 Å². The summed E-state index contributed by atoms with van der Waals surface area (Å²) in [6, 6.07) is 14.9. The van der Waals surface area contributed by atoms with E-state index >= 15 is 0 Å². The third-order valence-electron chi connectivity index (χ3n) is 3.41. The average molecular weight is 328 g/mol. The Morgan fingerprint density at radius 2 is 1.86 bits per heavy atom. The molecule has 0 fully saturated rings. The number of hydrogen-bond acceptors (Lipinski definition) is 4. The Bertz CT molecular complexity index is 1040. The van der Waals surface area contributed by atoms with Gasteiger partial charge in [0.15, 0.2) is 0 Å². The fourth-order valence-corrected chi connectivity index (χ4v) is 3.40. The van der Waals surface area contributed by atoms with Gasteiger partial charge in [-0.3, -0.25) is 4.79 Å². The number of halogens is 1. The maximum Gasteiger partial charge on any atom is 0.283 e. The number of aromatic nitrogens is 3. The number of rotatable bonds is 2. The van der Waals surface area contributed by atoms with Gasteiger partial charge in [0.2, 0.25) is 4.96 Å². The third-order valence-corrected chi connectivity index (χ3v) is 4.57. The van der Waals surface area contributed by atoms with Gasteiger partial charge < -0.3 is 0 Å². The molecule has 2 heterocycles. The van der Waals surface area contributed by atoms with Crippen LogP contribution in [0.15, 0.2) is 53.3 Å². The topological polar surface area (TPSA) is 47.3 Å². The van der Waals surface area contributed by atoms with E-state index < -0.39 is 0 Å². The Morgan fingerprint density at radius 3 is 2.68 bits per heavy atom. The van der Waals surface area contributed by atoms with Crippen LogP contribution in [-0.4, -0.2) is 14.6 Å². The van der Waals surface area contributed by atoms with E-state index in [1.54, 1.807) is 6.07 Å². The second-order valence-corrected chi connectivity index (χ2v) is 6.40. The van der Waals surface area contributed by atoms with E-state index in [0.29, 0.717) is 27.3 Å². The molecule has 0 N–H and O–H groups in total. The van der Waals surface area contributed by atoms with Crippen molar-refractivity contribution in [3.8, 4) is 0 Å². The van der Waals surface area contributed by atoms with E-state index in [1.165, 1.54) is 15.9 Å². The minimum atomic E-state index is -0.126. The van der Waals surface area contributed by atoms with Crippen LogP contribution in [0.4, 0.5) is 0 Å². The maximum atomic E-state index is 12.4. The summed E-state index contributed by atoms with van der Waals surface area (Å²) < 4.78 is 1.39. The van der Waals surface area contributed by atoms with Crippen LogP contribution in [-0.2, 0) is 6.42 Å². The first-order chi connectivity index (χ1) is 10.7. The standard InChI is InChI=1S/C16H10ClN3OS/c17-11-7-5-10(6-8-11)9-14-19-20-15(21)12-3-1-2-4-13(12)18-16(20)22-14/h1-8H,9H2. The van der Waals surface area contributed by atoms with Crippen molar-refractivity contribution in [3.05, 3.63) is 74.5 Å². The number of hydrogen-bond donors (Lipinski definition) is 0. The van der Waals surface area contributed by atoms with Crippen LogP contribution >= 0.6 is 22.9 Å². The molecular formula is C16H10ClN3OS. The molecule has 0 atom stereocenters. The lowest BCUT2D eigenvalue weighted by atomic mass is 10.2. The Labute approximate surface area is 134 Å². The van der Waals surface area contributed by atoms with Crippen LogP contribution in [0, 0.1) is 0 Å². The molecule has 0 saturated heterocycles. The van der Waals surface area contributed by atoms with Crippen LogP contribution in [0.25, 0.3) is 15.9 Å². The molecule has 22 heavy (non-hydrogen) atoms. The lowest BCUT2D eigenvalue weighted by Gasteiger charge is -1.96. The lowest BCUT2D eigenvalue weighted by Crippen LogP contribution is -2.15. The highest BCUT2D eigenvalue weighted by molar-refractivity contribution is 7.16. The molecule has 2 aromatic carbocycles. The molecule has 0 spiro atoms. The molecule has 0 aliphatic carbocycles. The predicted octanol–water partition coefficient (Wildman–Crippen LogP) is 3.55. The van der Waals surface area contributed by atoms with Gasteiger partial charge in [-0.2, -0.15) is 9.61 Å². The van der Waals surface area contributed by atoms with Gasteiger partial charge in [-0.1, -0.05) is 47.2 Å². The Kier molecular flexibility index (Phi) is 3.17. The van der Waals surface area contributed by atoms with E-state index in [1.807, 2.05) is 42.5 Å². The number of fused-ring (bicyclic) bond motifs is 2. The first kappa shape index (κ1) is 13.4. The Morgan fingerprint density at radius 1 is 1.09 bits per heavy atom. The van der Waals surface area contributed by atoms with E-state index in [4.69, 9.17) is 11.6 Å². The van der Waals surface area contributed by atoms with Crippen molar-refractivity contribution in [1.29, 1.82) is 0 Å². The lowest BCUT2D eigenvalue weighted by molar-refractivity contribution is 0.878. The number of benzene rings is 2. The third kappa shape index (κ3) is 2.28. The normalized spacial score (nSPS) is 11.3. The molecule has 4 nitrogen and oxygen atoms in total. The Hall–Kier alpha value is -2.24. The highest BCUT2D eigenvalue weighted by Gasteiger charge is 2.10. The first-order valence-electron chi connectivity index (χ1n) is 6.73. The van der Waals surface area contributed by atoms with Crippen molar-refractivity contribution in [1.82, 2.24) is 14.6 Å². The van der Waals surface area contributed by atoms with Gasteiger partial charge in [0.05, 0.1) is 10.9 Å². The molecule has 0 aliphatic rings. The quantitative estimate of drug-likeness (QED) is 0.565. The summed E-state index contributed by atoms with van der Waals surface area (Å²) in [7, 11) is 0. The largest absolute Gasteiger partial charge is 0.283 e. The highest BCUT2D eigenvalue weighted by atomic mass is 35.5. The second kappa shape index (κ2) is 5.19. The zero-order chi connectivity index (χ0) is 15.1. The molecule has 4 rings (SSSR count). The number of para-hydroxylation sites is 1. The zero-order valence-electron chi connectivity index (χ0n) is 11.4. The summed E-state index contributed by atoms with van der Waals surface area (Å²) in [5.74, 6) is 0. The van der Waals surface area contributed by atoms with Crippen LogP contribution in [0.1, 0.15) is 10.6 Å². The molecule has 0 bridgehead atoms. The van der Waals surface area contributed by atoms with Gasteiger partial charge in [-0.15, -0.1) is 0 Å². The van der Waals surface area contributed by atoms with E-state index in [-0.39, 0.29) is 5.56 Å². The van der Waals surface area contributed by atoms with Gasteiger partial charge in [0.1, 0.15) is 5.01 Å². The zero-order valence-corrected chi connectivity index (χ0v) is 12.9. The van der Waals surface area contributed by atoms with Crippen LogP contribution in [0.3, 0.4) is 0 Å².